The molecule has 2 fully saturated rings. The molecule has 0 spiro atoms. The monoisotopic (exact) mass is 563 g/mol. The Morgan fingerprint density at radius 3 is 1.38 bits per heavy atom. The lowest BCUT2D eigenvalue weighted by molar-refractivity contribution is -0.0748. The van der Waals surface area contributed by atoms with Crippen LogP contribution in [0.5, 0.6) is 0 Å². The van der Waals surface area contributed by atoms with E-state index in [1.54, 1.807) is 0 Å². The molecule has 0 N–H and O–H groups in total. The van der Waals surface area contributed by atoms with Gasteiger partial charge >= 0.3 is 0 Å². The number of piperidine rings is 2. The third-order valence-corrected chi connectivity index (χ3v) is 11.7. The minimum atomic E-state index is -0.0748. The lowest BCUT2D eigenvalue weighted by Gasteiger charge is -2.59. The molecule has 2 unspecified atom stereocenters. The first-order valence-electron chi connectivity index (χ1n) is 15.6. The molecule has 1 aromatic rings. The molecule has 2 saturated heterocycles. The number of hydrogen-bond acceptors (Lipinski definition) is 7. The van der Waals surface area contributed by atoms with Crippen molar-refractivity contribution in [1.82, 2.24) is 25.0 Å². The van der Waals surface area contributed by atoms with Crippen molar-refractivity contribution in [2.24, 2.45) is 22.7 Å². The predicted octanol–water partition coefficient (Wildman–Crippen LogP) is 7.86. The van der Waals surface area contributed by atoms with Crippen molar-refractivity contribution in [2.45, 2.75) is 133 Å². The van der Waals surface area contributed by atoms with E-state index in [1.165, 1.54) is 0 Å². The van der Waals surface area contributed by atoms with E-state index in [0.29, 0.717) is 23.7 Å². The summed E-state index contributed by atoms with van der Waals surface area (Å²) in [5.74, 6) is 2.60. The average Bonchev–Trinajstić information content (AvgIpc) is 2.84. The molecule has 0 amide bonds. The third-order valence-electron chi connectivity index (χ3n) is 11.5. The van der Waals surface area contributed by atoms with E-state index >= 15 is 0 Å². The van der Waals surface area contributed by atoms with Gasteiger partial charge in [0.05, 0.1) is 0 Å². The molecule has 0 aliphatic carbocycles. The Bertz CT molecular complexity index is 888. The first-order valence-corrected chi connectivity index (χ1v) is 15.9. The van der Waals surface area contributed by atoms with Gasteiger partial charge in [-0.1, -0.05) is 68.2 Å². The normalized spacial score (nSPS) is 26.4. The van der Waals surface area contributed by atoms with E-state index in [0.717, 1.165) is 64.7 Å². The molecule has 2 aliphatic heterocycles. The van der Waals surface area contributed by atoms with Crippen molar-refractivity contribution in [3.8, 4) is 0 Å². The Morgan fingerprint density at radius 2 is 1.05 bits per heavy atom. The molecule has 224 valence electrons. The molecule has 3 heterocycles. The SMILES string of the molecule is CCCCN(c1nc(Cl)nc(N(CCCC)N2CCC(C)C(C)(C)C2(C)C)n1)N1CCC(C)C(C)(C)C1(C)C. The van der Waals surface area contributed by atoms with E-state index < -0.39 is 0 Å². The number of rotatable bonds is 10. The van der Waals surface area contributed by atoms with Crippen LogP contribution in [0.4, 0.5) is 11.9 Å². The van der Waals surface area contributed by atoms with Crippen molar-refractivity contribution >= 4 is 23.5 Å². The smallest absolute Gasteiger partial charge is 0.246 e. The molecule has 1 aromatic heterocycles. The second kappa shape index (κ2) is 12.0. The number of hydrogen-bond donors (Lipinski definition) is 0. The highest BCUT2D eigenvalue weighted by atomic mass is 35.5. The maximum absolute atomic E-state index is 6.73. The van der Waals surface area contributed by atoms with Crippen LogP contribution in [0.25, 0.3) is 0 Å². The molecule has 2 aliphatic rings. The molecule has 7 nitrogen and oxygen atoms in total. The number of anilines is 2. The van der Waals surface area contributed by atoms with Gasteiger partial charge < -0.3 is 0 Å². The van der Waals surface area contributed by atoms with Crippen LogP contribution in [0.15, 0.2) is 0 Å². The maximum atomic E-state index is 6.73. The van der Waals surface area contributed by atoms with E-state index in [-0.39, 0.29) is 27.2 Å². The summed E-state index contributed by atoms with van der Waals surface area (Å²) in [6.07, 6.45) is 6.62. The average molecular weight is 564 g/mol. The lowest BCUT2D eigenvalue weighted by Crippen LogP contribution is -2.67. The Hall–Kier alpha value is -1.18. The summed E-state index contributed by atoms with van der Waals surface area (Å²) in [7, 11) is 0. The van der Waals surface area contributed by atoms with Crippen LogP contribution in [0.3, 0.4) is 0 Å². The van der Waals surface area contributed by atoms with Crippen LogP contribution >= 0.6 is 11.6 Å². The molecular weight excluding hydrogens is 506 g/mol. The van der Waals surface area contributed by atoms with Gasteiger partial charge in [-0.05, 0) is 87.6 Å². The Labute approximate surface area is 245 Å². The van der Waals surface area contributed by atoms with Crippen molar-refractivity contribution in [1.29, 1.82) is 0 Å². The van der Waals surface area contributed by atoms with Gasteiger partial charge in [0, 0.05) is 37.3 Å². The zero-order valence-electron chi connectivity index (χ0n) is 27.2. The fourth-order valence-electron chi connectivity index (χ4n) is 6.46. The zero-order chi connectivity index (χ0) is 29.4. The van der Waals surface area contributed by atoms with Crippen molar-refractivity contribution in [3.05, 3.63) is 5.28 Å². The van der Waals surface area contributed by atoms with E-state index in [4.69, 9.17) is 26.6 Å². The summed E-state index contributed by atoms with van der Waals surface area (Å²) in [5, 5.41) is 9.94. The molecule has 0 bridgehead atoms. The fourth-order valence-corrected chi connectivity index (χ4v) is 6.61. The number of hydrazine groups is 2. The standard InChI is InChI=1S/C31H58ClN7/c1-13-15-19-36(38-21-17-23(3)28(5,6)30(38,9)10)26-33-25(32)34-27(35-26)37(20-16-14-2)39-22-18-24(4)29(7,8)31(39,11)12/h23-24H,13-22H2,1-12H3. The topological polar surface area (TPSA) is 51.6 Å². The maximum Gasteiger partial charge on any atom is 0.246 e. The second-order valence-corrected chi connectivity index (χ2v) is 14.7. The van der Waals surface area contributed by atoms with E-state index in [9.17, 15) is 0 Å². The minimum Gasteiger partial charge on any atom is -0.273 e. The highest BCUT2D eigenvalue weighted by molar-refractivity contribution is 6.28. The van der Waals surface area contributed by atoms with Crippen molar-refractivity contribution < 1.29 is 0 Å². The van der Waals surface area contributed by atoms with Gasteiger partial charge in [-0.15, -0.1) is 0 Å². The van der Waals surface area contributed by atoms with Gasteiger partial charge in [0.2, 0.25) is 17.2 Å². The zero-order valence-corrected chi connectivity index (χ0v) is 28.0. The summed E-state index contributed by atoms with van der Waals surface area (Å²) >= 11 is 6.73. The largest absolute Gasteiger partial charge is 0.273 e. The molecule has 2 atom stereocenters. The molecular formula is C31H58ClN7. The van der Waals surface area contributed by atoms with E-state index in [2.05, 4.69) is 103 Å². The quantitative estimate of drug-likeness (QED) is 0.287. The van der Waals surface area contributed by atoms with Gasteiger partial charge in [-0.2, -0.15) is 15.0 Å². The highest BCUT2D eigenvalue weighted by Gasteiger charge is 2.52. The molecule has 8 heteroatoms. The van der Waals surface area contributed by atoms with Gasteiger partial charge in [-0.25, -0.2) is 10.0 Å². The molecule has 0 radical (unpaired) electrons. The summed E-state index contributed by atoms with van der Waals surface area (Å²) in [5.41, 5.74) is 0.106. The van der Waals surface area contributed by atoms with Crippen molar-refractivity contribution in [2.75, 3.05) is 36.2 Å². The Kier molecular flexibility index (Phi) is 9.93. The number of aromatic nitrogens is 3. The number of halogens is 1. The predicted molar refractivity (Wildman–Crippen MR) is 166 cm³/mol. The molecule has 3 rings (SSSR count). The van der Waals surface area contributed by atoms with Crippen LogP contribution in [0, 0.1) is 22.7 Å². The van der Waals surface area contributed by atoms with Crippen LogP contribution < -0.4 is 10.0 Å². The van der Waals surface area contributed by atoms with Gasteiger partial charge in [0.25, 0.3) is 0 Å². The summed E-state index contributed by atoms with van der Waals surface area (Å²) < 4.78 is 0. The number of nitrogens with zero attached hydrogens (tertiary/aromatic N) is 7. The highest BCUT2D eigenvalue weighted by Crippen LogP contribution is 2.49. The van der Waals surface area contributed by atoms with Gasteiger partial charge in [0.15, 0.2) is 0 Å². The minimum absolute atomic E-state index is 0.0748. The van der Waals surface area contributed by atoms with Crippen LogP contribution in [-0.4, -0.2) is 62.2 Å². The summed E-state index contributed by atoms with van der Waals surface area (Å²) in [4.78, 5) is 14.7. The third kappa shape index (κ3) is 5.92. The van der Waals surface area contributed by atoms with Crippen LogP contribution in [0.2, 0.25) is 5.28 Å². The molecule has 0 aromatic carbocycles. The summed E-state index contributed by atoms with van der Waals surface area (Å²) in [6, 6.07) is 0. The van der Waals surface area contributed by atoms with Crippen LogP contribution in [-0.2, 0) is 0 Å². The molecule has 39 heavy (non-hydrogen) atoms. The first-order chi connectivity index (χ1) is 18.0. The first kappa shape index (κ1) is 32.3. The lowest BCUT2D eigenvalue weighted by atomic mass is 9.63. The van der Waals surface area contributed by atoms with Crippen LogP contribution in [0.1, 0.15) is 122 Å². The van der Waals surface area contributed by atoms with Crippen molar-refractivity contribution in [3.63, 3.8) is 0 Å². The van der Waals surface area contributed by atoms with E-state index in [1.807, 2.05) is 0 Å². The molecule has 0 saturated carbocycles. The van der Waals surface area contributed by atoms with Gasteiger partial charge in [-0.3, -0.25) is 10.0 Å². The Morgan fingerprint density at radius 1 is 0.692 bits per heavy atom. The second-order valence-electron chi connectivity index (χ2n) is 14.3. The Balaban J connectivity index is 2.10. The fraction of sp³-hybridized carbons (Fsp3) is 0.903. The number of unbranched alkanes of at least 4 members (excludes halogenated alkanes) is 2. The van der Waals surface area contributed by atoms with Gasteiger partial charge in [0.1, 0.15) is 0 Å². The summed E-state index contributed by atoms with van der Waals surface area (Å²) in [6.45, 7) is 32.0.